The van der Waals surface area contributed by atoms with Crippen LogP contribution in [-0.2, 0) is 21.9 Å². The standard InChI is InChI=1S/C21H30N4O6S/c1-8-12(2)18(26)22-14-9-10-15(16(11-14)32(29,30)24-21(4,5)6)31-19-13(3)17(20(27)28)23-25(19)7/h9-12,24H,8H2,1-7H3,(H,22,26)(H,27,28). The molecule has 1 unspecified atom stereocenters. The number of benzene rings is 1. The van der Waals surface area contributed by atoms with Crippen molar-refractivity contribution in [1.82, 2.24) is 14.5 Å². The maximum atomic E-state index is 13.1. The highest BCUT2D eigenvalue weighted by Gasteiger charge is 2.28. The minimum atomic E-state index is -4.06. The predicted octanol–water partition coefficient (Wildman–Crippen LogP) is 3.28. The first-order valence-corrected chi connectivity index (χ1v) is 11.6. The summed E-state index contributed by atoms with van der Waals surface area (Å²) in [5, 5.41) is 15.9. The number of anilines is 1. The first-order chi connectivity index (χ1) is 14.7. The summed E-state index contributed by atoms with van der Waals surface area (Å²) in [4.78, 5) is 23.5. The Labute approximate surface area is 188 Å². The molecule has 1 amide bonds. The number of nitrogens with one attached hydrogen (secondary N) is 2. The number of amides is 1. The van der Waals surface area contributed by atoms with E-state index >= 15 is 0 Å². The first-order valence-electron chi connectivity index (χ1n) is 10.1. The first kappa shape index (κ1) is 25.3. The fraction of sp³-hybridized carbons (Fsp3) is 0.476. The van der Waals surface area contributed by atoms with Gasteiger partial charge in [-0.25, -0.2) is 22.6 Å². The van der Waals surface area contributed by atoms with Gasteiger partial charge in [-0.3, -0.25) is 4.79 Å². The van der Waals surface area contributed by atoms with Crippen LogP contribution in [0.1, 0.15) is 57.1 Å². The second-order valence-electron chi connectivity index (χ2n) is 8.63. The van der Waals surface area contributed by atoms with Crippen molar-refractivity contribution in [1.29, 1.82) is 0 Å². The van der Waals surface area contributed by atoms with Crippen LogP contribution in [-0.4, -0.2) is 40.7 Å². The normalized spacial score (nSPS) is 13.0. The van der Waals surface area contributed by atoms with E-state index in [0.717, 1.165) is 0 Å². The molecule has 10 nitrogen and oxygen atoms in total. The van der Waals surface area contributed by atoms with Crippen molar-refractivity contribution < 1.29 is 27.9 Å². The molecule has 0 saturated heterocycles. The van der Waals surface area contributed by atoms with Crippen molar-refractivity contribution in [2.24, 2.45) is 13.0 Å². The maximum Gasteiger partial charge on any atom is 0.356 e. The van der Waals surface area contributed by atoms with Crippen molar-refractivity contribution in [3.05, 3.63) is 29.5 Å². The molecule has 0 saturated carbocycles. The number of sulfonamides is 1. The van der Waals surface area contributed by atoms with Crippen LogP contribution in [0.25, 0.3) is 0 Å². The van der Waals surface area contributed by atoms with Crippen LogP contribution in [0.4, 0.5) is 5.69 Å². The van der Waals surface area contributed by atoms with Gasteiger partial charge < -0.3 is 15.2 Å². The van der Waals surface area contributed by atoms with E-state index in [1.807, 2.05) is 6.92 Å². The molecule has 1 heterocycles. The molecular formula is C21H30N4O6S. The van der Waals surface area contributed by atoms with Gasteiger partial charge in [0.1, 0.15) is 10.6 Å². The number of carbonyl (C=O) groups is 2. The SMILES string of the molecule is CCC(C)C(=O)Nc1ccc(Oc2c(C)c(C(=O)O)nn2C)c(S(=O)(=O)NC(C)(C)C)c1. The van der Waals surface area contributed by atoms with Gasteiger partial charge in [-0.1, -0.05) is 13.8 Å². The largest absolute Gasteiger partial charge is 0.476 e. The van der Waals surface area contributed by atoms with Crippen LogP contribution in [0.5, 0.6) is 11.6 Å². The predicted molar refractivity (Wildman–Crippen MR) is 120 cm³/mol. The monoisotopic (exact) mass is 466 g/mol. The van der Waals surface area contributed by atoms with Crippen molar-refractivity contribution in [3.8, 4) is 11.6 Å². The van der Waals surface area contributed by atoms with Crippen LogP contribution in [0.2, 0.25) is 0 Å². The van der Waals surface area contributed by atoms with Crippen molar-refractivity contribution >= 4 is 27.6 Å². The molecule has 3 N–H and O–H groups in total. The zero-order chi connectivity index (χ0) is 24.4. The number of aromatic nitrogens is 2. The Morgan fingerprint density at radius 2 is 1.91 bits per heavy atom. The lowest BCUT2D eigenvalue weighted by molar-refractivity contribution is -0.119. The van der Waals surface area contributed by atoms with Crippen molar-refractivity contribution in [2.45, 2.75) is 58.4 Å². The van der Waals surface area contributed by atoms with Gasteiger partial charge in [0.05, 0.1) is 0 Å². The van der Waals surface area contributed by atoms with Crippen LogP contribution in [0.15, 0.2) is 23.1 Å². The Morgan fingerprint density at radius 3 is 2.41 bits per heavy atom. The Balaban J connectivity index is 2.58. The Morgan fingerprint density at radius 1 is 1.28 bits per heavy atom. The highest BCUT2D eigenvalue weighted by atomic mass is 32.2. The summed E-state index contributed by atoms with van der Waals surface area (Å²) in [5.41, 5.74) is -0.423. The molecule has 1 atom stereocenters. The minimum Gasteiger partial charge on any atom is -0.476 e. The number of rotatable bonds is 8. The number of ether oxygens (including phenoxy) is 1. The zero-order valence-electron chi connectivity index (χ0n) is 19.3. The molecule has 0 radical (unpaired) electrons. The third-order valence-electron chi connectivity index (χ3n) is 4.63. The van der Waals surface area contributed by atoms with Crippen molar-refractivity contribution in [2.75, 3.05) is 5.32 Å². The van der Waals surface area contributed by atoms with Crippen LogP contribution in [0.3, 0.4) is 0 Å². The lowest BCUT2D eigenvalue weighted by atomic mass is 10.1. The molecule has 0 aliphatic carbocycles. The number of aromatic carboxylic acids is 1. The molecule has 1 aromatic carbocycles. The lowest BCUT2D eigenvalue weighted by Crippen LogP contribution is -2.40. The van der Waals surface area contributed by atoms with Gasteiger partial charge in [-0.2, -0.15) is 5.10 Å². The van der Waals surface area contributed by atoms with Crippen molar-refractivity contribution in [3.63, 3.8) is 0 Å². The molecule has 0 spiro atoms. The van der Waals surface area contributed by atoms with Gasteiger partial charge in [0.25, 0.3) is 0 Å². The van der Waals surface area contributed by atoms with Crippen LogP contribution < -0.4 is 14.8 Å². The summed E-state index contributed by atoms with van der Waals surface area (Å²) in [6.45, 7) is 10.3. The number of carbonyl (C=O) groups excluding carboxylic acids is 1. The topological polar surface area (TPSA) is 140 Å². The van der Waals surface area contributed by atoms with Gasteiger partial charge >= 0.3 is 5.97 Å². The second kappa shape index (κ2) is 9.29. The Hall–Kier alpha value is -2.92. The van der Waals surface area contributed by atoms with Gasteiger partial charge in [0.15, 0.2) is 5.69 Å². The van der Waals surface area contributed by atoms with Gasteiger partial charge in [0, 0.05) is 29.8 Å². The molecule has 0 aliphatic rings. The number of aryl methyl sites for hydroxylation is 1. The number of carboxylic acids is 1. The molecule has 0 aliphatic heterocycles. The smallest absolute Gasteiger partial charge is 0.356 e. The van der Waals surface area contributed by atoms with E-state index < -0.39 is 21.5 Å². The summed E-state index contributed by atoms with van der Waals surface area (Å²) >= 11 is 0. The summed E-state index contributed by atoms with van der Waals surface area (Å²) < 4.78 is 35.9. The van der Waals surface area contributed by atoms with E-state index in [1.165, 1.54) is 36.9 Å². The van der Waals surface area contributed by atoms with E-state index in [1.54, 1.807) is 27.7 Å². The average molecular weight is 467 g/mol. The fourth-order valence-electron chi connectivity index (χ4n) is 2.85. The quantitative estimate of drug-likeness (QED) is 0.542. The molecule has 0 bridgehead atoms. The number of carboxylic acid groups (broad SMARTS) is 1. The Kier molecular flexibility index (Phi) is 7.36. The molecule has 2 rings (SSSR count). The number of hydrogen-bond acceptors (Lipinski definition) is 6. The molecule has 11 heteroatoms. The molecule has 0 fully saturated rings. The van der Waals surface area contributed by atoms with Crippen LogP contribution >= 0.6 is 0 Å². The third-order valence-corrected chi connectivity index (χ3v) is 6.41. The molecular weight excluding hydrogens is 436 g/mol. The van der Waals surface area contributed by atoms with E-state index in [0.29, 0.717) is 12.1 Å². The van der Waals surface area contributed by atoms with E-state index in [9.17, 15) is 23.1 Å². The van der Waals surface area contributed by atoms with Crippen LogP contribution in [0, 0.1) is 12.8 Å². The highest BCUT2D eigenvalue weighted by Crippen LogP contribution is 2.34. The Bertz CT molecular complexity index is 1130. The number of nitrogens with zero attached hydrogens (tertiary/aromatic N) is 2. The fourth-order valence-corrected chi connectivity index (χ4v) is 4.43. The molecule has 32 heavy (non-hydrogen) atoms. The third kappa shape index (κ3) is 5.86. The van der Waals surface area contributed by atoms with Gasteiger partial charge in [-0.05, 0) is 52.3 Å². The van der Waals surface area contributed by atoms with E-state index in [4.69, 9.17) is 4.74 Å². The summed E-state index contributed by atoms with van der Waals surface area (Å²) in [5.74, 6) is -1.65. The highest BCUT2D eigenvalue weighted by molar-refractivity contribution is 7.89. The number of hydrogen-bond donors (Lipinski definition) is 3. The minimum absolute atomic E-state index is 0.0358. The maximum absolute atomic E-state index is 13.1. The molecule has 2 aromatic rings. The average Bonchev–Trinajstić information content (AvgIpc) is 2.94. The van der Waals surface area contributed by atoms with E-state index in [2.05, 4.69) is 15.1 Å². The molecule has 176 valence electrons. The summed E-state index contributed by atoms with van der Waals surface area (Å²) in [7, 11) is -2.56. The lowest BCUT2D eigenvalue weighted by Gasteiger charge is -2.22. The second-order valence-corrected chi connectivity index (χ2v) is 10.3. The van der Waals surface area contributed by atoms with E-state index in [-0.39, 0.29) is 39.6 Å². The van der Waals surface area contributed by atoms with Gasteiger partial charge in [-0.15, -0.1) is 0 Å². The zero-order valence-corrected chi connectivity index (χ0v) is 20.1. The summed E-state index contributed by atoms with van der Waals surface area (Å²) in [6, 6.07) is 4.25. The summed E-state index contributed by atoms with van der Waals surface area (Å²) in [6.07, 6.45) is 0.634. The van der Waals surface area contributed by atoms with Gasteiger partial charge in [0.2, 0.25) is 21.8 Å². The molecule has 1 aromatic heterocycles.